The highest BCUT2D eigenvalue weighted by Crippen LogP contribution is 2.14. The Morgan fingerprint density at radius 3 is 2.71 bits per heavy atom. The first-order valence-corrected chi connectivity index (χ1v) is 7.27. The Labute approximate surface area is 129 Å². The maximum atomic E-state index is 12.4. The van der Waals surface area contributed by atoms with Crippen LogP contribution >= 0.6 is 11.6 Å². The smallest absolute Gasteiger partial charge is 0.247 e. The molecule has 5 nitrogen and oxygen atoms in total. The number of aryl methyl sites for hydroxylation is 1. The molecule has 0 aliphatic rings. The van der Waals surface area contributed by atoms with E-state index >= 15 is 0 Å². The number of rotatable bonds is 5. The Hall–Kier alpha value is -1.88. The third-order valence-electron chi connectivity index (χ3n) is 3.39. The van der Waals surface area contributed by atoms with Crippen molar-refractivity contribution in [2.75, 3.05) is 7.05 Å². The van der Waals surface area contributed by atoms with Crippen molar-refractivity contribution in [2.45, 2.75) is 32.9 Å². The normalized spacial score (nSPS) is 12.2. The molecule has 0 aromatic carbocycles. The molecule has 0 saturated heterocycles. The van der Waals surface area contributed by atoms with E-state index < -0.39 is 6.04 Å². The summed E-state index contributed by atoms with van der Waals surface area (Å²) in [6.07, 6.45) is 5.98. The van der Waals surface area contributed by atoms with E-state index in [-0.39, 0.29) is 5.91 Å². The van der Waals surface area contributed by atoms with Crippen molar-refractivity contribution in [3.8, 4) is 0 Å². The number of aromatic nitrogens is 3. The standard InChI is InChI=1S/C15H19ClN4O/c1-4-12-5-6-14(17-7-12)10-19(3)15(21)11(2)20-9-13(16)8-18-20/h5-9,11H,4,10H2,1-3H3/t11-/m0/s1. The van der Waals surface area contributed by atoms with Gasteiger partial charge >= 0.3 is 0 Å². The molecule has 2 aromatic rings. The molecule has 1 amide bonds. The molecule has 0 bridgehead atoms. The summed E-state index contributed by atoms with van der Waals surface area (Å²) < 4.78 is 1.56. The molecular formula is C15H19ClN4O. The van der Waals surface area contributed by atoms with Crippen LogP contribution in [0.4, 0.5) is 0 Å². The summed E-state index contributed by atoms with van der Waals surface area (Å²) in [5.74, 6) is -0.0314. The van der Waals surface area contributed by atoms with Crippen molar-refractivity contribution < 1.29 is 4.79 Å². The van der Waals surface area contributed by atoms with Crippen molar-refractivity contribution in [2.24, 2.45) is 0 Å². The quantitative estimate of drug-likeness (QED) is 0.853. The average Bonchev–Trinajstić information content (AvgIpc) is 2.93. The first-order valence-electron chi connectivity index (χ1n) is 6.89. The largest absolute Gasteiger partial charge is 0.338 e. The Balaban J connectivity index is 2.01. The second-order valence-electron chi connectivity index (χ2n) is 5.02. The van der Waals surface area contributed by atoms with Crippen LogP contribution in [-0.4, -0.2) is 32.6 Å². The highest BCUT2D eigenvalue weighted by atomic mass is 35.5. The lowest BCUT2D eigenvalue weighted by molar-refractivity contribution is -0.133. The molecule has 6 heteroatoms. The SMILES string of the molecule is CCc1ccc(CN(C)C(=O)[C@H](C)n2cc(Cl)cn2)nc1. The Morgan fingerprint density at radius 2 is 2.19 bits per heavy atom. The zero-order valence-electron chi connectivity index (χ0n) is 12.5. The number of amides is 1. The minimum Gasteiger partial charge on any atom is -0.338 e. The van der Waals surface area contributed by atoms with Gasteiger partial charge in [-0.1, -0.05) is 24.6 Å². The van der Waals surface area contributed by atoms with Crippen LogP contribution in [-0.2, 0) is 17.8 Å². The van der Waals surface area contributed by atoms with Crippen molar-refractivity contribution >= 4 is 17.5 Å². The number of halogens is 1. The third-order valence-corrected chi connectivity index (χ3v) is 3.59. The van der Waals surface area contributed by atoms with E-state index in [1.807, 2.05) is 18.3 Å². The predicted octanol–water partition coefficient (Wildman–Crippen LogP) is 2.71. The van der Waals surface area contributed by atoms with Gasteiger partial charge < -0.3 is 4.90 Å². The fourth-order valence-electron chi connectivity index (χ4n) is 2.04. The van der Waals surface area contributed by atoms with E-state index in [0.717, 1.165) is 12.1 Å². The molecular weight excluding hydrogens is 288 g/mol. The summed E-state index contributed by atoms with van der Waals surface area (Å²) in [6, 6.07) is 3.60. The molecule has 0 unspecified atom stereocenters. The fourth-order valence-corrected chi connectivity index (χ4v) is 2.18. The maximum Gasteiger partial charge on any atom is 0.247 e. The summed E-state index contributed by atoms with van der Waals surface area (Å²) in [6.45, 7) is 4.36. The maximum absolute atomic E-state index is 12.4. The number of pyridine rings is 1. The zero-order valence-corrected chi connectivity index (χ0v) is 13.2. The van der Waals surface area contributed by atoms with Crippen LogP contribution in [0.5, 0.6) is 0 Å². The van der Waals surface area contributed by atoms with Crippen LogP contribution < -0.4 is 0 Å². The number of hydrogen-bond donors (Lipinski definition) is 0. The van der Waals surface area contributed by atoms with Gasteiger partial charge in [0.2, 0.25) is 5.91 Å². The van der Waals surface area contributed by atoms with Gasteiger partial charge in [-0.2, -0.15) is 5.10 Å². The number of carbonyl (C=O) groups is 1. The molecule has 0 N–H and O–H groups in total. The van der Waals surface area contributed by atoms with Crippen LogP contribution in [0, 0.1) is 0 Å². The number of likely N-dealkylation sites (N-methyl/N-ethyl adjacent to an activating group) is 1. The van der Waals surface area contributed by atoms with Crippen LogP contribution in [0.1, 0.15) is 31.1 Å². The first-order chi connectivity index (χ1) is 10.0. The van der Waals surface area contributed by atoms with E-state index in [1.165, 1.54) is 11.8 Å². The van der Waals surface area contributed by atoms with Gasteiger partial charge in [0, 0.05) is 19.4 Å². The summed E-state index contributed by atoms with van der Waals surface area (Å²) >= 11 is 5.83. The van der Waals surface area contributed by atoms with Crippen molar-refractivity contribution in [1.82, 2.24) is 19.7 Å². The fraction of sp³-hybridized carbons (Fsp3) is 0.400. The lowest BCUT2D eigenvalue weighted by Gasteiger charge is -2.21. The van der Waals surface area contributed by atoms with E-state index in [2.05, 4.69) is 17.0 Å². The van der Waals surface area contributed by atoms with E-state index in [9.17, 15) is 4.79 Å². The number of hydrogen-bond acceptors (Lipinski definition) is 3. The highest BCUT2D eigenvalue weighted by Gasteiger charge is 2.20. The molecule has 0 aliphatic heterocycles. The van der Waals surface area contributed by atoms with Crippen molar-refractivity contribution in [3.63, 3.8) is 0 Å². The second kappa shape index (κ2) is 6.72. The number of carbonyl (C=O) groups excluding carboxylic acids is 1. The molecule has 0 radical (unpaired) electrons. The van der Waals surface area contributed by atoms with E-state index in [0.29, 0.717) is 11.6 Å². The molecule has 2 heterocycles. The molecule has 0 fully saturated rings. The molecule has 0 spiro atoms. The summed E-state index contributed by atoms with van der Waals surface area (Å²) in [4.78, 5) is 18.4. The van der Waals surface area contributed by atoms with Crippen LogP contribution in [0.15, 0.2) is 30.7 Å². The summed E-state index contributed by atoms with van der Waals surface area (Å²) in [7, 11) is 1.76. The minimum atomic E-state index is -0.391. The zero-order chi connectivity index (χ0) is 15.4. The van der Waals surface area contributed by atoms with E-state index in [1.54, 1.807) is 29.7 Å². The Bertz CT molecular complexity index is 608. The number of nitrogens with zero attached hydrogens (tertiary/aromatic N) is 4. The summed E-state index contributed by atoms with van der Waals surface area (Å²) in [5, 5.41) is 4.59. The van der Waals surface area contributed by atoms with Gasteiger partial charge in [-0.15, -0.1) is 0 Å². The second-order valence-corrected chi connectivity index (χ2v) is 5.46. The van der Waals surface area contributed by atoms with Crippen molar-refractivity contribution in [1.29, 1.82) is 0 Å². The third kappa shape index (κ3) is 3.82. The first kappa shape index (κ1) is 15.5. The van der Waals surface area contributed by atoms with Crippen LogP contribution in [0.3, 0.4) is 0 Å². The minimum absolute atomic E-state index is 0.0314. The molecule has 0 saturated carbocycles. The van der Waals surface area contributed by atoms with Crippen molar-refractivity contribution in [3.05, 3.63) is 47.0 Å². The van der Waals surface area contributed by atoms with Crippen LogP contribution in [0.25, 0.3) is 0 Å². The molecule has 21 heavy (non-hydrogen) atoms. The molecule has 2 aromatic heterocycles. The van der Waals surface area contributed by atoms with Crippen LogP contribution in [0.2, 0.25) is 5.02 Å². The molecule has 0 aliphatic carbocycles. The highest BCUT2D eigenvalue weighted by molar-refractivity contribution is 6.30. The lowest BCUT2D eigenvalue weighted by Crippen LogP contribution is -2.33. The predicted molar refractivity (Wildman–Crippen MR) is 82.0 cm³/mol. The van der Waals surface area contributed by atoms with Gasteiger partial charge in [0.25, 0.3) is 0 Å². The van der Waals surface area contributed by atoms with Gasteiger partial charge in [0.1, 0.15) is 6.04 Å². The van der Waals surface area contributed by atoms with Gasteiger partial charge in [0.15, 0.2) is 0 Å². The lowest BCUT2D eigenvalue weighted by atomic mass is 10.2. The monoisotopic (exact) mass is 306 g/mol. The Morgan fingerprint density at radius 1 is 1.43 bits per heavy atom. The van der Waals surface area contributed by atoms with Gasteiger partial charge in [-0.3, -0.25) is 14.5 Å². The van der Waals surface area contributed by atoms with Gasteiger partial charge in [0.05, 0.1) is 23.5 Å². The molecule has 2 rings (SSSR count). The van der Waals surface area contributed by atoms with Gasteiger partial charge in [-0.05, 0) is 25.0 Å². The Kier molecular flexibility index (Phi) is 4.96. The average molecular weight is 307 g/mol. The van der Waals surface area contributed by atoms with Gasteiger partial charge in [-0.25, -0.2) is 0 Å². The van der Waals surface area contributed by atoms with E-state index in [4.69, 9.17) is 11.6 Å². The topological polar surface area (TPSA) is 51.0 Å². The molecule has 1 atom stereocenters. The molecule has 112 valence electrons. The summed E-state index contributed by atoms with van der Waals surface area (Å²) in [5.41, 5.74) is 2.06.